The van der Waals surface area contributed by atoms with Crippen LogP contribution in [0, 0.1) is 5.92 Å². The lowest BCUT2D eigenvalue weighted by Crippen LogP contribution is -2.54. The summed E-state index contributed by atoms with van der Waals surface area (Å²) in [4.78, 5) is 2.38. The smallest absolute Gasteiger partial charge is 0.0909 e. The van der Waals surface area contributed by atoms with Gasteiger partial charge in [0, 0.05) is 26.2 Å². The van der Waals surface area contributed by atoms with Crippen LogP contribution in [-0.4, -0.2) is 48.3 Å². The summed E-state index contributed by atoms with van der Waals surface area (Å²) in [6, 6.07) is 0. The van der Waals surface area contributed by atoms with Crippen LogP contribution < -0.4 is 5.32 Å². The fourth-order valence-electron chi connectivity index (χ4n) is 2.35. The maximum Gasteiger partial charge on any atom is 0.0909 e. The highest BCUT2D eigenvalue weighted by Gasteiger charge is 2.36. The van der Waals surface area contributed by atoms with Gasteiger partial charge in [-0.1, -0.05) is 13.3 Å². The van der Waals surface area contributed by atoms with Gasteiger partial charge < -0.3 is 10.4 Å². The fourth-order valence-corrected chi connectivity index (χ4v) is 2.35. The summed E-state index contributed by atoms with van der Waals surface area (Å²) in [5, 5.41) is 13.3. The Kier molecular flexibility index (Phi) is 2.58. The van der Waals surface area contributed by atoms with Gasteiger partial charge in [-0.15, -0.1) is 0 Å². The highest BCUT2D eigenvalue weighted by atomic mass is 16.3. The number of β-amino-alcohol motifs (C(OH)–C–C–N with tert-alkyl or cyclic N) is 1. The maximum absolute atomic E-state index is 10.1. The van der Waals surface area contributed by atoms with Gasteiger partial charge in [-0.25, -0.2) is 0 Å². The van der Waals surface area contributed by atoms with Gasteiger partial charge in [0.1, 0.15) is 0 Å². The number of nitrogens with one attached hydrogen (secondary N) is 1. The molecular weight excluding hydrogens is 164 g/mol. The summed E-state index contributed by atoms with van der Waals surface area (Å²) in [6.07, 6.45) is 2.20. The van der Waals surface area contributed by atoms with Crippen molar-refractivity contribution in [2.75, 3.05) is 32.7 Å². The molecular formula is C10H20N2O. The van der Waals surface area contributed by atoms with Gasteiger partial charge in [0.2, 0.25) is 0 Å². The average Bonchev–Trinajstić information content (AvgIpc) is 2.44. The second-order valence-corrected chi connectivity index (χ2v) is 4.62. The molecule has 2 N–H and O–H groups in total. The van der Waals surface area contributed by atoms with Crippen molar-refractivity contribution in [2.45, 2.75) is 25.4 Å². The Morgan fingerprint density at radius 2 is 2.31 bits per heavy atom. The third-order valence-electron chi connectivity index (χ3n) is 3.35. The predicted octanol–water partition coefficient (Wildman–Crippen LogP) is 0.0526. The lowest BCUT2D eigenvalue weighted by Gasteiger charge is -2.42. The van der Waals surface area contributed by atoms with E-state index >= 15 is 0 Å². The lowest BCUT2D eigenvalue weighted by atomic mass is 9.93. The third-order valence-corrected chi connectivity index (χ3v) is 3.35. The fraction of sp³-hybridized carbons (Fsp3) is 1.00. The monoisotopic (exact) mass is 184 g/mol. The molecule has 1 unspecified atom stereocenters. The normalized spacial score (nSPS) is 36.5. The SMILES string of the molecule is CCC1CN(CC2(O)CCNC2)C1. The molecule has 2 aliphatic rings. The zero-order valence-corrected chi connectivity index (χ0v) is 8.42. The molecule has 2 rings (SSSR count). The first-order valence-corrected chi connectivity index (χ1v) is 5.37. The molecule has 0 amide bonds. The van der Waals surface area contributed by atoms with Crippen LogP contribution in [0.5, 0.6) is 0 Å². The molecule has 2 heterocycles. The Morgan fingerprint density at radius 1 is 1.54 bits per heavy atom. The van der Waals surface area contributed by atoms with Crippen LogP contribution in [0.3, 0.4) is 0 Å². The van der Waals surface area contributed by atoms with Crippen LogP contribution in [-0.2, 0) is 0 Å². The lowest BCUT2D eigenvalue weighted by molar-refractivity contribution is -0.0188. The van der Waals surface area contributed by atoms with Gasteiger partial charge in [0.15, 0.2) is 0 Å². The Morgan fingerprint density at radius 3 is 2.85 bits per heavy atom. The molecule has 1 atom stereocenters. The van der Waals surface area contributed by atoms with E-state index < -0.39 is 5.60 Å². The predicted molar refractivity (Wildman–Crippen MR) is 52.7 cm³/mol. The van der Waals surface area contributed by atoms with Crippen molar-refractivity contribution < 1.29 is 5.11 Å². The first-order valence-electron chi connectivity index (χ1n) is 5.37. The molecule has 13 heavy (non-hydrogen) atoms. The van der Waals surface area contributed by atoms with Crippen molar-refractivity contribution in [2.24, 2.45) is 5.92 Å². The molecule has 0 saturated carbocycles. The Balaban J connectivity index is 1.73. The molecule has 0 aliphatic carbocycles. The van der Waals surface area contributed by atoms with E-state index in [-0.39, 0.29) is 0 Å². The quantitative estimate of drug-likeness (QED) is 0.651. The van der Waals surface area contributed by atoms with Crippen LogP contribution in [0.25, 0.3) is 0 Å². The highest BCUT2D eigenvalue weighted by molar-refractivity contribution is 4.93. The van der Waals surface area contributed by atoms with Crippen molar-refractivity contribution >= 4 is 0 Å². The summed E-state index contributed by atoms with van der Waals surface area (Å²) in [5.41, 5.74) is -0.432. The molecule has 3 heteroatoms. The van der Waals surface area contributed by atoms with Gasteiger partial charge in [-0.3, -0.25) is 4.90 Å². The molecule has 0 bridgehead atoms. The standard InChI is InChI=1S/C10H20N2O/c1-2-9-5-12(6-9)8-10(13)3-4-11-7-10/h9,11,13H,2-8H2,1H3. The Labute approximate surface area is 80.1 Å². The van der Waals surface area contributed by atoms with Gasteiger partial charge in [-0.2, -0.15) is 0 Å². The van der Waals surface area contributed by atoms with E-state index in [0.717, 1.165) is 32.0 Å². The molecule has 0 aromatic heterocycles. The Hall–Kier alpha value is -0.120. The summed E-state index contributed by atoms with van der Waals surface area (Å²) < 4.78 is 0. The van der Waals surface area contributed by atoms with Crippen LogP contribution in [0.2, 0.25) is 0 Å². The molecule has 2 fully saturated rings. The molecule has 2 saturated heterocycles. The molecule has 3 nitrogen and oxygen atoms in total. The number of aliphatic hydroxyl groups is 1. The first kappa shape index (κ1) is 9.44. The molecule has 0 aromatic rings. The summed E-state index contributed by atoms with van der Waals surface area (Å²) in [5.74, 6) is 0.887. The number of nitrogens with zero attached hydrogens (tertiary/aromatic N) is 1. The van der Waals surface area contributed by atoms with Crippen molar-refractivity contribution in [3.63, 3.8) is 0 Å². The zero-order chi connectivity index (χ0) is 9.31. The molecule has 0 spiro atoms. The second-order valence-electron chi connectivity index (χ2n) is 4.62. The summed E-state index contributed by atoms with van der Waals surface area (Å²) in [7, 11) is 0. The number of likely N-dealkylation sites (tertiary alicyclic amines) is 1. The van der Waals surface area contributed by atoms with Gasteiger partial charge in [-0.05, 0) is 18.9 Å². The minimum Gasteiger partial charge on any atom is -0.387 e. The Bertz CT molecular complexity index is 172. The minimum absolute atomic E-state index is 0.432. The summed E-state index contributed by atoms with van der Waals surface area (Å²) in [6.45, 7) is 7.25. The van der Waals surface area contributed by atoms with Crippen LogP contribution in [0.1, 0.15) is 19.8 Å². The first-order chi connectivity index (χ1) is 6.22. The highest BCUT2D eigenvalue weighted by Crippen LogP contribution is 2.23. The molecule has 76 valence electrons. The van der Waals surface area contributed by atoms with E-state index in [9.17, 15) is 5.11 Å². The average molecular weight is 184 g/mol. The van der Waals surface area contributed by atoms with Gasteiger partial charge in [0.25, 0.3) is 0 Å². The van der Waals surface area contributed by atoms with E-state index in [0.29, 0.717) is 0 Å². The topological polar surface area (TPSA) is 35.5 Å². The van der Waals surface area contributed by atoms with E-state index in [1.165, 1.54) is 19.5 Å². The van der Waals surface area contributed by atoms with Crippen LogP contribution in [0.4, 0.5) is 0 Å². The minimum atomic E-state index is -0.432. The molecule has 0 radical (unpaired) electrons. The number of hydrogen-bond acceptors (Lipinski definition) is 3. The molecule has 2 aliphatic heterocycles. The third kappa shape index (κ3) is 2.03. The van der Waals surface area contributed by atoms with Gasteiger partial charge in [0.05, 0.1) is 5.60 Å². The van der Waals surface area contributed by atoms with E-state index in [1.54, 1.807) is 0 Å². The maximum atomic E-state index is 10.1. The number of rotatable bonds is 3. The number of hydrogen-bond donors (Lipinski definition) is 2. The summed E-state index contributed by atoms with van der Waals surface area (Å²) >= 11 is 0. The van der Waals surface area contributed by atoms with E-state index in [1.807, 2.05) is 0 Å². The zero-order valence-electron chi connectivity index (χ0n) is 8.42. The van der Waals surface area contributed by atoms with Crippen molar-refractivity contribution in [1.29, 1.82) is 0 Å². The van der Waals surface area contributed by atoms with Gasteiger partial charge >= 0.3 is 0 Å². The second kappa shape index (κ2) is 3.56. The van der Waals surface area contributed by atoms with Crippen LogP contribution >= 0.6 is 0 Å². The van der Waals surface area contributed by atoms with E-state index in [4.69, 9.17) is 0 Å². The van der Waals surface area contributed by atoms with Crippen molar-refractivity contribution in [1.82, 2.24) is 10.2 Å². The van der Waals surface area contributed by atoms with E-state index in [2.05, 4.69) is 17.1 Å². The largest absolute Gasteiger partial charge is 0.387 e. The van der Waals surface area contributed by atoms with Crippen molar-refractivity contribution in [3.05, 3.63) is 0 Å². The van der Waals surface area contributed by atoms with Crippen molar-refractivity contribution in [3.8, 4) is 0 Å². The van der Waals surface area contributed by atoms with Crippen LogP contribution in [0.15, 0.2) is 0 Å². The molecule has 0 aromatic carbocycles.